The summed E-state index contributed by atoms with van der Waals surface area (Å²) in [6.45, 7) is 6.21. The molecule has 0 bridgehead atoms. The molecule has 1 unspecified atom stereocenters. The second-order valence-corrected chi connectivity index (χ2v) is 11.0. The Labute approximate surface area is 190 Å². The molecule has 1 fully saturated rings. The minimum Gasteiger partial charge on any atom is -0.380 e. The molecule has 2 aromatic rings. The van der Waals surface area contributed by atoms with Crippen LogP contribution in [0.4, 0.5) is 4.39 Å². The third-order valence-electron chi connectivity index (χ3n) is 5.22. The number of hydrogen-bond donors (Lipinski definition) is 0. The van der Waals surface area contributed by atoms with Gasteiger partial charge in [-0.25, -0.2) is 12.8 Å². The molecule has 0 N–H and O–H groups in total. The van der Waals surface area contributed by atoms with E-state index >= 15 is 0 Å². The summed E-state index contributed by atoms with van der Waals surface area (Å²) < 4.78 is 46.3. The van der Waals surface area contributed by atoms with Crippen LogP contribution < -0.4 is 4.80 Å². The van der Waals surface area contributed by atoms with Crippen molar-refractivity contribution >= 4 is 43.2 Å². The molecular formula is C21H28FN3O5S2. The lowest BCUT2D eigenvalue weighted by Crippen LogP contribution is -2.42. The van der Waals surface area contributed by atoms with Crippen molar-refractivity contribution in [2.75, 3.05) is 37.8 Å². The van der Waals surface area contributed by atoms with Crippen LogP contribution >= 0.6 is 11.3 Å². The van der Waals surface area contributed by atoms with Crippen LogP contribution in [0.3, 0.4) is 0 Å². The molecule has 1 saturated heterocycles. The second kappa shape index (κ2) is 10.7. The third kappa shape index (κ3) is 6.46. The van der Waals surface area contributed by atoms with Crippen molar-refractivity contribution in [1.29, 1.82) is 0 Å². The van der Waals surface area contributed by atoms with Gasteiger partial charge in [-0.15, -0.1) is 0 Å². The SMILES string of the molecule is CCOCCn1c(=NC(=O)CS(=O)(=O)CC(=O)N2CCCC(C)C2)sc2cc(F)ccc21. The summed E-state index contributed by atoms with van der Waals surface area (Å²) in [6.07, 6.45) is 1.85. The molecule has 1 atom stereocenters. The van der Waals surface area contributed by atoms with E-state index in [1.54, 1.807) is 15.5 Å². The van der Waals surface area contributed by atoms with Crippen LogP contribution in [-0.2, 0) is 30.7 Å². The van der Waals surface area contributed by atoms with Crippen molar-refractivity contribution in [3.8, 4) is 0 Å². The molecular weight excluding hydrogens is 457 g/mol. The van der Waals surface area contributed by atoms with E-state index in [0.717, 1.165) is 24.2 Å². The smallest absolute Gasteiger partial charge is 0.263 e. The highest BCUT2D eigenvalue weighted by Gasteiger charge is 2.27. The van der Waals surface area contributed by atoms with Gasteiger partial charge in [0.05, 0.1) is 16.8 Å². The zero-order valence-corrected chi connectivity index (χ0v) is 19.9. The number of likely N-dealkylation sites (tertiary alicyclic amines) is 1. The number of carbonyl (C=O) groups excluding carboxylic acids is 2. The standard InChI is InChI=1S/C21H28FN3O5S2/c1-3-30-10-9-25-17-7-6-16(22)11-18(17)31-21(25)23-19(26)13-32(28,29)14-20(27)24-8-4-5-15(2)12-24/h6-7,11,15H,3-5,8-10,12-14H2,1-2H3. The fourth-order valence-electron chi connectivity index (χ4n) is 3.72. The predicted octanol–water partition coefficient (Wildman–Crippen LogP) is 1.98. The number of ether oxygens (including phenoxy) is 1. The number of piperidine rings is 1. The summed E-state index contributed by atoms with van der Waals surface area (Å²) in [7, 11) is -3.96. The lowest BCUT2D eigenvalue weighted by atomic mass is 10.0. The Morgan fingerprint density at radius 2 is 2.09 bits per heavy atom. The number of sulfone groups is 1. The number of carbonyl (C=O) groups is 2. The number of nitrogens with zero attached hydrogens (tertiary/aromatic N) is 3. The van der Waals surface area contributed by atoms with Gasteiger partial charge in [0.25, 0.3) is 5.91 Å². The predicted molar refractivity (Wildman–Crippen MR) is 120 cm³/mol. The Kier molecular flexibility index (Phi) is 8.18. The van der Waals surface area contributed by atoms with Gasteiger partial charge in [-0.2, -0.15) is 4.99 Å². The minimum absolute atomic E-state index is 0.265. The van der Waals surface area contributed by atoms with E-state index < -0.39 is 39.0 Å². The van der Waals surface area contributed by atoms with Gasteiger partial charge in [-0.3, -0.25) is 9.59 Å². The number of aromatic nitrogens is 1. The van der Waals surface area contributed by atoms with E-state index in [1.807, 2.05) is 13.8 Å². The molecule has 1 aromatic heterocycles. The van der Waals surface area contributed by atoms with Crippen molar-refractivity contribution in [2.24, 2.45) is 10.9 Å². The molecule has 176 valence electrons. The molecule has 8 nitrogen and oxygen atoms in total. The largest absolute Gasteiger partial charge is 0.380 e. The summed E-state index contributed by atoms with van der Waals surface area (Å²) in [4.78, 5) is 30.7. The summed E-state index contributed by atoms with van der Waals surface area (Å²) in [5.41, 5.74) is 0.680. The number of hydrogen-bond acceptors (Lipinski definition) is 6. The molecule has 11 heteroatoms. The lowest BCUT2D eigenvalue weighted by molar-refractivity contribution is -0.130. The molecule has 0 saturated carbocycles. The maximum atomic E-state index is 13.6. The second-order valence-electron chi connectivity index (χ2n) is 7.97. The molecule has 2 heterocycles. The maximum absolute atomic E-state index is 13.6. The molecule has 1 aliphatic heterocycles. The molecule has 1 aliphatic rings. The van der Waals surface area contributed by atoms with Crippen LogP contribution in [0, 0.1) is 11.7 Å². The van der Waals surface area contributed by atoms with Crippen LogP contribution in [-0.4, -0.2) is 67.5 Å². The molecule has 0 radical (unpaired) electrons. The summed E-state index contributed by atoms with van der Waals surface area (Å²) in [5.74, 6) is -2.98. The quantitative estimate of drug-likeness (QED) is 0.533. The summed E-state index contributed by atoms with van der Waals surface area (Å²) >= 11 is 1.10. The van der Waals surface area contributed by atoms with Crippen molar-refractivity contribution < 1.29 is 27.1 Å². The van der Waals surface area contributed by atoms with Gasteiger partial charge in [-0.05, 0) is 43.9 Å². The first-order chi connectivity index (χ1) is 15.2. The van der Waals surface area contributed by atoms with Gasteiger partial charge in [0.15, 0.2) is 14.6 Å². The van der Waals surface area contributed by atoms with Crippen molar-refractivity contribution in [1.82, 2.24) is 9.47 Å². The average molecular weight is 486 g/mol. The topological polar surface area (TPSA) is 98.0 Å². The normalized spacial score (nSPS) is 17.8. The van der Waals surface area contributed by atoms with E-state index in [1.165, 1.54) is 12.1 Å². The van der Waals surface area contributed by atoms with Crippen LogP contribution in [0.1, 0.15) is 26.7 Å². The summed E-state index contributed by atoms with van der Waals surface area (Å²) in [6, 6.07) is 4.25. The fraction of sp³-hybridized carbons (Fsp3) is 0.571. The van der Waals surface area contributed by atoms with Gasteiger partial charge >= 0.3 is 0 Å². The zero-order chi connectivity index (χ0) is 23.3. The van der Waals surface area contributed by atoms with Gasteiger partial charge in [0.2, 0.25) is 5.91 Å². The summed E-state index contributed by atoms with van der Waals surface area (Å²) in [5, 5.41) is 0. The van der Waals surface area contributed by atoms with Crippen molar-refractivity contribution in [2.45, 2.75) is 33.2 Å². The first-order valence-corrected chi connectivity index (χ1v) is 13.2. The van der Waals surface area contributed by atoms with E-state index in [4.69, 9.17) is 4.74 Å². The highest BCUT2D eigenvalue weighted by molar-refractivity contribution is 7.92. The number of halogens is 1. The number of rotatable bonds is 8. The van der Waals surface area contributed by atoms with Crippen molar-refractivity contribution in [3.05, 3.63) is 28.8 Å². The van der Waals surface area contributed by atoms with Crippen LogP contribution in [0.25, 0.3) is 10.2 Å². The maximum Gasteiger partial charge on any atom is 0.263 e. The number of benzene rings is 1. The van der Waals surface area contributed by atoms with E-state index in [-0.39, 0.29) is 4.80 Å². The van der Waals surface area contributed by atoms with E-state index in [9.17, 15) is 22.4 Å². The average Bonchev–Trinajstić information content (AvgIpc) is 3.03. The third-order valence-corrected chi connectivity index (χ3v) is 7.64. The molecule has 2 amide bonds. The van der Waals surface area contributed by atoms with Crippen LogP contribution in [0.5, 0.6) is 0 Å². The Morgan fingerprint density at radius 3 is 2.81 bits per heavy atom. The van der Waals surface area contributed by atoms with Crippen molar-refractivity contribution in [3.63, 3.8) is 0 Å². The van der Waals surface area contributed by atoms with Gasteiger partial charge < -0.3 is 14.2 Å². The Hall–Kier alpha value is -2.11. The fourth-order valence-corrected chi connectivity index (χ4v) is 5.92. The van der Waals surface area contributed by atoms with Crippen LogP contribution in [0.2, 0.25) is 0 Å². The van der Waals surface area contributed by atoms with E-state index in [0.29, 0.717) is 49.0 Å². The molecule has 0 aliphatic carbocycles. The molecule has 3 rings (SSSR count). The highest BCUT2D eigenvalue weighted by atomic mass is 32.2. The number of thiazole rings is 1. The van der Waals surface area contributed by atoms with Crippen LogP contribution in [0.15, 0.2) is 23.2 Å². The first-order valence-electron chi connectivity index (χ1n) is 10.6. The van der Waals surface area contributed by atoms with Gasteiger partial charge in [-0.1, -0.05) is 18.3 Å². The monoisotopic (exact) mass is 485 g/mol. The first kappa shape index (κ1) is 24.5. The minimum atomic E-state index is -3.96. The highest BCUT2D eigenvalue weighted by Crippen LogP contribution is 2.19. The molecule has 1 aromatic carbocycles. The Balaban J connectivity index is 1.77. The molecule has 32 heavy (non-hydrogen) atoms. The number of amides is 2. The molecule has 0 spiro atoms. The zero-order valence-electron chi connectivity index (χ0n) is 18.3. The van der Waals surface area contributed by atoms with Gasteiger partial charge in [0.1, 0.15) is 17.3 Å². The number of fused-ring (bicyclic) bond motifs is 1. The van der Waals surface area contributed by atoms with Gasteiger partial charge in [0, 0.05) is 26.2 Å². The lowest BCUT2D eigenvalue weighted by Gasteiger charge is -2.30. The Bertz CT molecular complexity index is 1160. The van der Waals surface area contributed by atoms with E-state index in [2.05, 4.69) is 4.99 Å². The Morgan fingerprint density at radius 1 is 1.31 bits per heavy atom.